The fraction of sp³-hybridized carbons (Fsp3) is 0.200. The van der Waals surface area contributed by atoms with Gasteiger partial charge in [0.15, 0.2) is 6.10 Å². The second kappa shape index (κ2) is 5.05. The van der Waals surface area contributed by atoms with Crippen molar-refractivity contribution in [1.82, 2.24) is 0 Å². The number of alkyl halides is 3. The molecule has 0 fully saturated rings. The summed E-state index contributed by atoms with van der Waals surface area (Å²) in [7, 11) is 0. The van der Waals surface area contributed by atoms with E-state index in [1.54, 1.807) is 12.1 Å². The topological polar surface area (TPSA) is 20.2 Å². The third kappa shape index (κ3) is 3.15. The van der Waals surface area contributed by atoms with Crippen LogP contribution in [0.5, 0.6) is 0 Å². The smallest absolute Gasteiger partial charge is 0.379 e. The second-order valence-corrected chi connectivity index (χ2v) is 4.44. The van der Waals surface area contributed by atoms with E-state index in [2.05, 4.69) is 0 Å². The molecule has 0 saturated heterocycles. The van der Waals surface area contributed by atoms with Gasteiger partial charge in [-0.05, 0) is 23.6 Å². The lowest BCUT2D eigenvalue weighted by Crippen LogP contribution is -2.19. The molecule has 1 N–H and O–H groups in total. The van der Waals surface area contributed by atoms with E-state index in [-0.39, 0.29) is 5.56 Å². The third-order valence-corrected chi connectivity index (χ3v) is 2.89. The normalized spacial score (nSPS) is 13.3. The summed E-state index contributed by atoms with van der Waals surface area (Å²) in [6.07, 6.45) is -7.07. The molecule has 1 atom stereocenters. The van der Waals surface area contributed by atoms with Gasteiger partial charge in [-0.1, -0.05) is 54.1 Å². The summed E-state index contributed by atoms with van der Waals surface area (Å²) < 4.78 is 37.1. The Hall–Kier alpha value is -1.81. The van der Waals surface area contributed by atoms with Crippen LogP contribution in [0, 0.1) is 6.92 Å². The van der Waals surface area contributed by atoms with Crippen LogP contribution in [0.1, 0.15) is 17.2 Å². The first-order valence-electron chi connectivity index (χ1n) is 5.80. The maximum atomic E-state index is 12.4. The van der Waals surface area contributed by atoms with Gasteiger partial charge in [-0.2, -0.15) is 13.2 Å². The average Bonchev–Trinajstić information content (AvgIpc) is 2.37. The van der Waals surface area contributed by atoms with Gasteiger partial charge < -0.3 is 5.11 Å². The molecule has 19 heavy (non-hydrogen) atoms. The van der Waals surface area contributed by atoms with E-state index in [0.29, 0.717) is 0 Å². The van der Waals surface area contributed by atoms with Crippen LogP contribution in [0.4, 0.5) is 13.2 Å². The van der Waals surface area contributed by atoms with Crippen LogP contribution in [0.25, 0.3) is 11.1 Å². The second-order valence-electron chi connectivity index (χ2n) is 4.44. The van der Waals surface area contributed by atoms with Gasteiger partial charge in [0, 0.05) is 0 Å². The number of aliphatic hydroxyl groups is 1. The molecule has 2 aromatic rings. The molecule has 0 radical (unpaired) electrons. The molecule has 0 aliphatic heterocycles. The highest BCUT2D eigenvalue weighted by atomic mass is 19.4. The van der Waals surface area contributed by atoms with E-state index in [4.69, 9.17) is 5.11 Å². The molecule has 0 saturated carbocycles. The van der Waals surface area contributed by atoms with Crippen molar-refractivity contribution >= 4 is 0 Å². The van der Waals surface area contributed by atoms with Crippen LogP contribution in [0.3, 0.4) is 0 Å². The largest absolute Gasteiger partial charge is 0.418 e. The summed E-state index contributed by atoms with van der Waals surface area (Å²) >= 11 is 0. The quantitative estimate of drug-likeness (QED) is 0.861. The van der Waals surface area contributed by atoms with Crippen molar-refractivity contribution < 1.29 is 18.3 Å². The van der Waals surface area contributed by atoms with Crippen molar-refractivity contribution in [3.63, 3.8) is 0 Å². The molecule has 0 aliphatic carbocycles. The van der Waals surface area contributed by atoms with Gasteiger partial charge in [0.1, 0.15) is 0 Å². The number of rotatable bonds is 2. The Morgan fingerprint density at radius 2 is 1.58 bits per heavy atom. The van der Waals surface area contributed by atoms with Crippen molar-refractivity contribution in [2.24, 2.45) is 0 Å². The Bertz CT molecular complexity index is 558. The molecule has 2 rings (SSSR count). The van der Waals surface area contributed by atoms with Gasteiger partial charge in [0.2, 0.25) is 0 Å². The molecule has 4 heteroatoms. The Balaban J connectivity index is 2.29. The van der Waals surface area contributed by atoms with Gasteiger partial charge in [-0.25, -0.2) is 0 Å². The zero-order valence-corrected chi connectivity index (χ0v) is 10.3. The van der Waals surface area contributed by atoms with E-state index in [9.17, 15) is 13.2 Å². The monoisotopic (exact) mass is 266 g/mol. The summed E-state index contributed by atoms with van der Waals surface area (Å²) in [5, 5.41) is 9.14. The lowest BCUT2D eigenvalue weighted by molar-refractivity contribution is -0.206. The Morgan fingerprint density at radius 1 is 0.947 bits per heavy atom. The first-order valence-corrected chi connectivity index (χ1v) is 5.80. The summed E-state index contributed by atoms with van der Waals surface area (Å²) in [4.78, 5) is 0. The molecule has 0 heterocycles. The van der Waals surface area contributed by atoms with Gasteiger partial charge in [0.25, 0.3) is 0 Å². The molecule has 0 aromatic heterocycles. The van der Waals surface area contributed by atoms with Gasteiger partial charge >= 0.3 is 6.18 Å². The zero-order valence-electron chi connectivity index (χ0n) is 10.3. The van der Waals surface area contributed by atoms with Gasteiger partial charge in [0.05, 0.1) is 0 Å². The fourth-order valence-electron chi connectivity index (χ4n) is 1.87. The average molecular weight is 266 g/mol. The molecular formula is C15H13F3O. The predicted molar refractivity (Wildman–Crippen MR) is 67.6 cm³/mol. The first kappa shape index (κ1) is 13.6. The highest BCUT2D eigenvalue weighted by Gasteiger charge is 2.39. The highest BCUT2D eigenvalue weighted by Crippen LogP contribution is 2.33. The van der Waals surface area contributed by atoms with Crippen LogP contribution in [0.2, 0.25) is 0 Å². The van der Waals surface area contributed by atoms with Gasteiger partial charge in [-0.3, -0.25) is 0 Å². The molecular weight excluding hydrogens is 253 g/mol. The Morgan fingerprint density at radius 3 is 2.11 bits per heavy atom. The van der Waals surface area contributed by atoms with E-state index in [1.807, 2.05) is 31.2 Å². The lowest BCUT2D eigenvalue weighted by atomic mass is 10.0. The van der Waals surface area contributed by atoms with E-state index in [1.165, 1.54) is 12.1 Å². The number of aryl methyl sites for hydroxylation is 1. The highest BCUT2D eigenvalue weighted by molar-refractivity contribution is 5.64. The van der Waals surface area contributed by atoms with Crippen LogP contribution >= 0.6 is 0 Å². The Labute approximate surface area is 109 Å². The molecule has 0 bridgehead atoms. The van der Waals surface area contributed by atoms with Crippen molar-refractivity contribution in [2.45, 2.75) is 19.2 Å². The number of aliphatic hydroxyl groups excluding tert-OH is 1. The Kier molecular flexibility index (Phi) is 3.62. The van der Waals surface area contributed by atoms with E-state index < -0.39 is 12.3 Å². The summed E-state index contributed by atoms with van der Waals surface area (Å²) in [5.74, 6) is 0. The zero-order chi connectivity index (χ0) is 14.0. The van der Waals surface area contributed by atoms with Crippen LogP contribution in [0.15, 0.2) is 48.5 Å². The predicted octanol–water partition coefficient (Wildman–Crippen LogP) is 4.26. The van der Waals surface area contributed by atoms with Crippen molar-refractivity contribution in [3.05, 3.63) is 59.7 Å². The lowest BCUT2D eigenvalue weighted by Gasteiger charge is -2.15. The molecule has 1 nitrogen and oxygen atoms in total. The van der Waals surface area contributed by atoms with E-state index in [0.717, 1.165) is 16.7 Å². The number of hydrogen-bond acceptors (Lipinski definition) is 1. The fourth-order valence-corrected chi connectivity index (χ4v) is 1.87. The van der Waals surface area contributed by atoms with E-state index >= 15 is 0 Å². The minimum Gasteiger partial charge on any atom is -0.379 e. The first-order chi connectivity index (χ1) is 8.88. The van der Waals surface area contributed by atoms with Crippen LogP contribution in [-0.4, -0.2) is 11.3 Å². The number of halogens is 3. The number of hydrogen-bond donors (Lipinski definition) is 1. The minimum absolute atomic E-state index is 0.149. The summed E-state index contributed by atoms with van der Waals surface area (Å²) in [5.41, 5.74) is 2.69. The van der Waals surface area contributed by atoms with Crippen LogP contribution in [-0.2, 0) is 0 Å². The van der Waals surface area contributed by atoms with Gasteiger partial charge in [-0.15, -0.1) is 0 Å². The number of benzene rings is 2. The van der Waals surface area contributed by atoms with Crippen molar-refractivity contribution in [2.75, 3.05) is 0 Å². The SMILES string of the molecule is Cc1cccc(-c2ccc([C@@H](O)C(F)(F)F)cc2)c1. The minimum atomic E-state index is -4.63. The molecule has 0 unspecified atom stereocenters. The summed E-state index contributed by atoms with van der Waals surface area (Å²) in [6.45, 7) is 1.95. The third-order valence-electron chi connectivity index (χ3n) is 2.89. The van der Waals surface area contributed by atoms with Crippen LogP contribution < -0.4 is 0 Å². The molecule has 100 valence electrons. The van der Waals surface area contributed by atoms with Crippen molar-refractivity contribution in [3.8, 4) is 11.1 Å². The standard InChI is InChI=1S/C15H13F3O/c1-10-3-2-4-13(9-10)11-5-7-12(8-6-11)14(19)15(16,17)18/h2-9,14,19H,1H3/t14-/m1/s1. The summed E-state index contributed by atoms with van der Waals surface area (Å²) in [6, 6.07) is 13.5. The molecule has 2 aromatic carbocycles. The maximum absolute atomic E-state index is 12.4. The maximum Gasteiger partial charge on any atom is 0.418 e. The molecule has 0 aliphatic rings. The molecule has 0 spiro atoms. The molecule has 0 amide bonds. The van der Waals surface area contributed by atoms with Crippen molar-refractivity contribution in [1.29, 1.82) is 0 Å².